The van der Waals surface area contributed by atoms with Gasteiger partial charge in [0, 0.05) is 6.04 Å². The summed E-state index contributed by atoms with van der Waals surface area (Å²) >= 11 is 0. The Kier molecular flexibility index (Phi) is 6.83. The van der Waals surface area contributed by atoms with Crippen LogP contribution in [-0.4, -0.2) is 12.6 Å². The van der Waals surface area contributed by atoms with Crippen LogP contribution < -0.4 is 10.5 Å². The summed E-state index contributed by atoms with van der Waals surface area (Å²) in [5, 5.41) is 2.48. The SMILES string of the molecule is CCCOc1ccc2cc(CC(N)CC)ccc2c1.Cl. The molecule has 0 aliphatic heterocycles. The molecule has 0 bridgehead atoms. The minimum Gasteiger partial charge on any atom is -0.494 e. The molecular weight excluding hydrogens is 270 g/mol. The van der Waals surface area contributed by atoms with Crippen molar-refractivity contribution in [2.24, 2.45) is 5.73 Å². The fourth-order valence-corrected chi connectivity index (χ4v) is 2.16. The van der Waals surface area contributed by atoms with Crippen LogP contribution in [0.2, 0.25) is 0 Å². The Morgan fingerprint density at radius 2 is 1.75 bits per heavy atom. The second-order valence-electron chi connectivity index (χ2n) is 5.06. The molecule has 2 nitrogen and oxygen atoms in total. The molecular formula is C17H24ClNO. The smallest absolute Gasteiger partial charge is 0.119 e. The maximum absolute atomic E-state index is 6.01. The lowest BCUT2D eigenvalue weighted by molar-refractivity contribution is 0.318. The molecule has 110 valence electrons. The van der Waals surface area contributed by atoms with Gasteiger partial charge in [0.15, 0.2) is 0 Å². The van der Waals surface area contributed by atoms with Crippen molar-refractivity contribution in [2.75, 3.05) is 6.61 Å². The van der Waals surface area contributed by atoms with E-state index < -0.39 is 0 Å². The molecule has 0 fully saturated rings. The highest BCUT2D eigenvalue weighted by molar-refractivity contribution is 5.85. The molecule has 0 heterocycles. The monoisotopic (exact) mass is 293 g/mol. The van der Waals surface area contributed by atoms with Gasteiger partial charge in [-0.2, -0.15) is 0 Å². The molecule has 0 spiro atoms. The lowest BCUT2D eigenvalue weighted by Crippen LogP contribution is -2.21. The van der Waals surface area contributed by atoms with Crippen LogP contribution in [0.4, 0.5) is 0 Å². The summed E-state index contributed by atoms with van der Waals surface area (Å²) in [6.45, 7) is 5.02. The van der Waals surface area contributed by atoms with Gasteiger partial charge in [0.1, 0.15) is 5.75 Å². The van der Waals surface area contributed by atoms with Crippen LogP contribution in [0.1, 0.15) is 32.3 Å². The standard InChI is InChI=1S/C17H23NO.ClH/c1-3-9-19-17-8-7-14-10-13(11-16(18)4-2)5-6-15(14)12-17;/h5-8,10,12,16H,3-4,9,11,18H2,1-2H3;1H. The van der Waals surface area contributed by atoms with Crippen molar-refractivity contribution in [3.05, 3.63) is 42.0 Å². The van der Waals surface area contributed by atoms with Gasteiger partial charge >= 0.3 is 0 Å². The largest absolute Gasteiger partial charge is 0.494 e. The van der Waals surface area contributed by atoms with Crippen LogP contribution >= 0.6 is 12.4 Å². The zero-order valence-corrected chi connectivity index (χ0v) is 13.1. The maximum Gasteiger partial charge on any atom is 0.119 e. The van der Waals surface area contributed by atoms with Gasteiger partial charge in [-0.1, -0.05) is 38.1 Å². The van der Waals surface area contributed by atoms with E-state index in [1.807, 2.05) is 6.07 Å². The van der Waals surface area contributed by atoms with Crippen LogP contribution in [0.5, 0.6) is 5.75 Å². The number of hydrogen-bond acceptors (Lipinski definition) is 2. The summed E-state index contributed by atoms with van der Waals surface area (Å²) in [7, 11) is 0. The van der Waals surface area contributed by atoms with Gasteiger partial charge in [-0.05, 0) is 47.7 Å². The second-order valence-corrected chi connectivity index (χ2v) is 5.06. The van der Waals surface area contributed by atoms with E-state index in [2.05, 4.69) is 44.2 Å². The third-order valence-electron chi connectivity index (χ3n) is 3.37. The molecule has 0 aliphatic carbocycles. The van der Waals surface area contributed by atoms with Crippen molar-refractivity contribution in [2.45, 2.75) is 39.2 Å². The van der Waals surface area contributed by atoms with E-state index >= 15 is 0 Å². The summed E-state index contributed by atoms with van der Waals surface area (Å²) in [4.78, 5) is 0. The zero-order chi connectivity index (χ0) is 13.7. The number of hydrogen-bond donors (Lipinski definition) is 1. The molecule has 0 amide bonds. The molecule has 0 saturated carbocycles. The predicted molar refractivity (Wildman–Crippen MR) is 89.0 cm³/mol. The van der Waals surface area contributed by atoms with E-state index in [1.165, 1.54) is 16.3 Å². The van der Waals surface area contributed by atoms with Gasteiger partial charge in [-0.3, -0.25) is 0 Å². The van der Waals surface area contributed by atoms with Crippen molar-refractivity contribution >= 4 is 23.2 Å². The Labute approximate surface area is 127 Å². The quantitative estimate of drug-likeness (QED) is 0.860. The Morgan fingerprint density at radius 3 is 2.45 bits per heavy atom. The fourth-order valence-electron chi connectivity index (χ4n) is 2.16. The molecule has 2 N–H and O–H groups in total. The normalized spacial score (nSPS) is 11.9. The zero-order valence-electron chi connectivity index (χ0n) is 12.3. The van der Waals surface area contributed by atoms with Crippen molar-refractivity contribution in [3.63, 3.8) is 0 Å². The first-order valence-corrected chi connectivity index (χ1v) is 7.14. The molecule has 2 aromatic rings. The van der Waals surface area contributed by atoms with Gasteiger partial charge in [-0.25, -0.2) is 0 Å². The van der Waals surface area contributed by atoms with Gasteiger partial charge < -0.3 is 10.5 Å². The highest BCUT2D eigenvalue weighted by atomic mass is 35.5. The van der Waals surface area contributed by atoms with Crippen LogP contribution in [0, 0.1) is 0 Å². The summed E-state index contributed by atoms with van der Waals surface area (Å²) in [5.41, 5.74) is 7.32. The van der Waals surface area contributed by atoms with Crippen LogP contribution in [0.15, 0.2) is 36.4 Å². The molecule has 0 aliphatic rings. The molecule has 2 rings (SSSR count). The van der Waals surface area contributed by atoms with E-state index in [1.54, 1.807) is 0 Å². The van der Waals surface area contributed by atoms with Crippen molar-refractivity contribution in [1.29, 1.82) is 0 Å². The highest BCUT2D eigenvalue weighted by Gasteiger charge is 2.03. The molecule has 3 heteroatoms. The molecule has 0 saturated heterocycles. The minimum absolute atomic E-state index is 0. The van der Waals surface area contributed by atoms with Crippen LogP contribution in [-0.2, 0) is 6.42 Å². The Bertz CT molecular complexity index is 542. The first-order chi connectivity index (χ1) is 9.22. The molecule has 1 unspecified atom stereocenters. The third-order valence-corrected chi connectivity index (χ3v) is 3.37. The third kappa shape index (κ3) is 4.39. The highest BCUT2D eigenvalue weighted by Crippen LogP contribution is 2.22. The van der Waals surface area contributed by atoms with Gasteiger partial charge in [0.05, 0.1) is 6.61 Å². The second kappa shape index (κ2) is 8.13. The number of nitrogens with two attached hydrogens (primary N) is 1. The lowest BCUT2D eigenvalue weighted by Gasteiger charge is -2.10. The fraction of sp³-hybridized carbons (Fsp3) is 0.412. The summed E-state index contributed by atoms with van der Waals surface area (Å²) < 4.78 is 5.66. The number of ether oxygens (including phenoxy) is 1. The lowest BCUT2D eigenvalue weighted by atomic mass is 10.0. The van der Waals surface area contributed by atoms with E-state index in [4.69, 9.17) is 10.5 Å². The summed E-state index contributed by atoms with van der Waals surface area (Å²) in [6, 6.07) is 13.1. The topological polar surface area (TPSA) is 35.2 Å². The number of benzene rings is 2. The van der Waals surface area contributed by atoms with Gasteiger partial charge in [-0.15, -0.1) is 12.4 Å². The van der Waals surface area contributed by atoms with Crippen LogP contribution in [0.3, 0.4) is 0 Å². The minimum atomic E-state index is 0. The Balaban J connectivity index is 0.00000200. The van der Waals surface area contributed by atoms with Gasteiger partial charge in [0.25, 0.3) is 0 Å². The van der Waals surface area contributed by atoms with E-state index in [9.17, 15) is 0 Å². The van der Waals surface area contributed by atoms with E-state index in [0.717, 1.165) is 31.6 Å². The maximum atomic E-state index is 6.01. The van der Waals surface area contributed by atoms with Crippen molar-refractivity contribution in [1.82, 2.24) is 0 Å². The van der Waals surface area contributed by atoms with E-state index in [0.29, 0.717) is 0 Å². The Morgan fingerprint density at radius 1 is 1.05 bits per heavy atom. The van der Waals surface area contributed by atoms with Crippen molar-refractivity contribution in [3.8, 4) is 5.75 Å². The first-order valence-electron chi connectivity index (χ1n) is 7.14. The first kappa shape index (κ1) is 16.8. The van der Waals surface area contributed by atoms with Gasteiger partial charge in [0.2, 0.25) is 0 Å². The average molecular weight is 294 g/mol. The summed E-state index contributed by atoms with van der Waals surface area (Å²) in [6.07, 6.45) is 2.99. The van der Waals surface area contributed by atoms with E-state index in [-0.39, 0.29) is 18.4 Å². The molecule has 1 atom stereocenters. The summed E-state index contributed by atoms with van der Waals surface area (Å²) in [5.74, 6) is 0.951. The predicted octanol–water partition coefficient (Wildman–Crippen LogP) is 4.33. The molecule has 0 aromatic heterocycles. The van der Waals surface area contributed by atoms with Crippen molar-refractivity contribution < 1.29 is 4.74 Å². The average Bonchev–Trinajstić information content (AvgIpc) is 2.44. The molecule has 2 aromatic carbocycles. The number of rotatable bonds is 6. The molecule has 0 radical (unpaired) electrons. The van der Waals surface area contributed by atoms with Crippen LogP contribution in [0.25, 0.3) is 10.8 Å². The number of fused-ring (bicyclic) bond motifs is 1. The molecule has 20 heavy (non-hydrogen) atoms. The number of halogens is 1. The Hall–Kier alpha value is -1.25.